The van der Waals surface area contributed by atoms with E-state index in [1.54, 1.807) is 7.11 Å². The predicted molar refractivity (Wildman–Crippen MR) is 96.9 cm³/mol. The number of hydrogen-bond acceptors (Lipinski definition) is 2. The van der Waals surface area contributed by atoms with Gasteiger partial charge in [-0.3, -0.25) is 0 Å². The highest BCUT2D eigenvalue weighted by Crippen LogP contribution is 2.27. The molecule has 0 aliphatic rings. The number of urea groups is 1. The van der Waals surface area contributed by atoms with Crippen LogP contribution in [0.1, 0.15) is 37.2 Å². The molecule has 1 atom stereocenters. The molecule has 2 N–H and O–H groups in total. The molecule has 5 nitrogen and oxygen atoms in total. The molecule has 0 aliphatic heterocycles. The molecule has 0 unspecified atom stereocenters. The summed E-state index contributed by atoms with van der Waals surface area (Å²) in [4.78, 5) is 11.9. The van der Waals surface area contributed by atoms with Crippen molar-refractivity contribution in [3.05, 3.63) is 47.3 Å². The normalized spacial score (nSPS) is 11.9. The molecule has 2 amide bonds. The average Bonchev–Trinajstić information content (AvgIpc) is 2.86. The largest absolute Gasteiger partial charge is 0.495 e. The molecule has 2 rings (SSSR count). The van der Waals surface area contributed by atoms with E-state index < -0.39 is 0 Å². The molecule has 2 aromatic rings. The van der Waals surface area contributed by atoms with Gasteiger partial charge in [0.1, 0.15) is 5.75 Å². The van der Waals surface area contributed by atoms with Crippen LogP contribution in [0.2, 0.25) is 0 Å². The summed E-state index contributed by atoms with van der Waals surface area (Å²) in [6.45, 7) is 8.65. The van der Waals surface area contributed by atoms with E-state index in [1.165, 1.54) is 0 Å². The Hall–Kier alpha value is -2.43. The number of amides is 2. The van der Waals surface area contributed by atoms with Gasteiger partial charge in [0, 0.05) is 24.0 Å². The Morgan fingerprint density at radius 2 is 2.00 bits per heavy atom. The summed E-state index contributed by atoms with van der Waals surface area (Å²) in [6.07, 6.45) is 0.912. The van der Waals surface area contributed by atoms with E-state index in [4.69, 9.17) is 4.74 Å². The molecule has 0 spiro atoms. The van der Waals surface area contributed by atoms with Crippen molar-refractivity contribution in [1.82, 2.24) is 15.2 Å². The lowest BCUT2D eigenvalue weighted by Crippen LogP contribution is -2.40. The molecule has 130 valence electrons. The number of aryl methyl sites for hydroxylation is 1. The average molecular weight is 329 g/mol. The Morgan fingerprint density at radius 3 is 2.67 bits per heavy atom. The number of rotatable bonds is 6. The van der Waals surface area contributed by atoms with Gasteiger partial charge in [-0.1, -0.05) is 19.1 Å². The topological polar surface area (TPSA) is 55.3 Å². The van der Waals surface area contributed by atoms with E-state index in [0.717, 1.165) is 34.8 Å². The van der Waals surface area contributed by atoms with Crippen LogP contribution in [0.25, 0.3) is 5.69 Å². The Labute approximate surface area is 144 Å². The van der Waals surface area contributed by atoms with Crippen LogP contribution in [-0.4, -0.2) is 23.7 Å². The van der Waals surface area contributed by atoms with E-state index in [1.807, 2.05) is 38.1 Å². The number of nitrogens with one attached hydrogen (secondary N) is 2. The van der Waals surface area contributed by atoms with Crippen LogP contribution in [0.3, 0.4) is 0 Å². The van der Waals surface area contributed by atoms with Crippen molar-refractivity contribution in [2.45, 2.75) is 46.7 Å². The molecule has 0 fully saturated rings. The standard InChI is InChI=1S/C19H27N3O2/c1-6-13(2)21-19(23)20-12-16-11-14(3)22(15(16)4)17-9-7-8-10-18(17)24-5/h7-11,13H,6,12H2,1-5H3,(H2,20,21,23)/t13-/m1/s1. The van der Waals surface area contributed by atoms with E-state index in [2.05, 4.69) is 35.1 Å². The quantitative estimate of drug-likeness (QED) is 0.849. The van der Waals surface area contributed by atoms with Crippen molar-refractivity contribution in [2.75, 3.05) is 7.11 Å². The first-order chi connectivity index (χ1) is 11.5. The zero-order valence-corrected chi connectivity index (χ0v) is 15.1. The van der Waals surface area contributed by atoms with E-state index in [9.17, 15) is 4.79 Å². The van der Waals surface area contributed by atoms with Crippen molar-refractivity contribution in [3.8, 4) is 11.4 Å². The lowest BCUT2D eigenvalue weighted by molar-refractivity contribution is 0.237. The second-order valence-corrected chi connectivity index (χ2v) is 6.04. The van der Waals surface area contributed by atoms with Gasteiger partial charge in [0.05, 0.1) is 12.8 Å². The Kier molecular flexibility index (Phi) is 5.90. The van der Waals surface area contributed by atoms with Gasteiger partial charge in [-0.05, 0) is 51.0 Å². The number of carbonyl (C=O) groups is 1. The second-order valence-electron chi connectivity index (χ2n) is 6.04. The van der Waals surface area contributed by atoms with Crippen LogP contribution in [0, 0.1) is 13.8 Å². The monoisotopic (exact) mass is 329 g/mol. The maximum atomic E-state index is 11.9. The summed E-state index contributed by atoms with van der Waals surface area (Å²) in [7, 11) is 1.68. The summed E-state index contributed by atoms with van der Waals surface area (Å²) >= 11 is 0. The Balaban J connectivity index is 2.19. The third-order valence-corrected chi connectivity index (χ3v) is 4.29. The molecular weight excluding hydrogens is 302 g/mol. The van der Waals surface area contributed by atoms with Gasteiger partial charge < -0.3 is 19.9 Å². The van der Waals surface area contributed by atoms with Crippen molar-refractivity contribution >= 4 is 6.03 Å². The van der Waals surface area contributed by atoms with Crippen LogP contribution in [0.5, 0.6) is 5.75 Å². The molecule has 5 heteroatoms. The summed E-state index contributed by atoms with van der Waals surface area (Å²) < 4.78 is 7.63. The highest BCUT2D eigenvalue weighted by molar-refractivity contribution is 5.74. The van der Waals surface area contributed by atoms with Gasteiger partial charge in [0.15, 0.2) is 0 Å². The molecule has 24 heavy (non-hydrogen) atoms. The fourth-order valence-electron chi connectivity index (χ4n) is 2.75. The van der Waals surface area contributed by atoms with Crippen molar-refractivity contribution < 1.29 is 9.53 Å². The highest BCUT2D eigenvalue weighted by Gasteiger charge is 2.14. The maximum Gasteiger partial charge on any atom is 0.315 e. The third-order valence-electron chi connectivity index (χ3n) is 4.29. The lowest BCUT2D eigenvalue weighted by Gasteiger charge is -2.14. The number of hydrogen-bond donors (Lipinski definition) is 2. The minimum atomic E-state index is -0.133. The van der Waals surface area contributed by atoms with Crippen LogP contribution in [0.4, 0.5) is 4.79 Å². The highest BCUT2D eigenvalue weighted by atomic mass is 16.5. The number of para-hydroxylation sites is 2. The van der Waals surface area contributed by atoms with E-state index in [-0.39, 0.29) is 12.1 Å². The molecule has 1 aromatic heterocycles. The van der Waals surface area contributed by atoms with Crippen LogP contribution in [0.15, 0.2) is 30.3 Å². The number of nitrogens with zero attached hydrogens (tertiary/aromatic N) is 1. The molecule has 0 bridgehead atoms. The molecule has 1 heterocycles. The van der Waals surface area contributed by atoms with Crippen LogP contribution < -0.4 is 15.4 Å². The minimum absolute atomic E-state index is 0.133. The van der Waals surface area contributed by atoms with Crippen molar-refractivity contribution in [1.29, 1.82) is 0 Å². The summed E-state index contributed by atoms with van der Waals surface area (Å²) in [6, 6.07) is 10.1. The van der Waals surface area contributed by atoms with Gasteiger partial charge in [0.2, 0.25) is 0 Å². The number of benzene rings is 1. The molecule has 1 aromatic carbocycles. The second kappa shape index (κ2) is 7.90. The zero-order chi connectivity index (χ0) is 17.7. The van der Waals surface area contributed by atoms with Gasteiger partial charge in [0.25, 0.3) is 0 Å². The van der Waals surface area contributed by atoms with Gasteiger partial charge in [-0.25, -0.2) is 4.79 Å². The first kappa shape index (κ1) is 17.9. The lowest BCUT2D eigenvalue weighted by atomic mass is 10.2. The van der Waals surface area contributed by atoms with Crippen molar-refractivity contribution in [2.24, 2.45) is 0 Å². The Morgan fingerprint density at radius 1 is 1.29 bits per heavy atom. The van der Waals surface area contributed by atoms with Gasteiger partial charge in [-0.15, -0.1) is 0 Å². The van der Waals surface area contributed by atoms with Gasteiger partial charge in [-0.2, -0.15) is 0 Å². The molecule has 0 saturated carbocycles. The molecule has 0 radical (unpaired) electrons. The first-order valence-electron chi connectivity index (χ1n) is 8.33. The summed E-state index contributed by atoms with van der Waals surface area (Å²) in [5.41, 5.74) is 4.31. The molecular formula is C19H27N3O2. The first-order valence-corrected chi connectivity index (χ1v) is 8.33. The smallest absolute Gasteiger partial charge is 0.315 e. The van der Waals surface area contributed by atoms with Crippen LogP contribution >= 0.6 is 0 Å². The SMILES string of the molecule is CC[C@@H](C)NC(=O)NCc1cc(C)n(-c2ccccc2OC)c1C. The third kappa shape index (κ3) is 3.91. The maximum absolute atomic E-state index is 11.9. The molecule has 0 saturated heterocycles. The number of ether oxygens (including phenoxy) is 1. The van der Waals surface area contributed by atoms with Crippen LogP contribution in [-0.2, 0) is 6.54 Å². The van der Waals surface area contributed by atoms with E-state index in [0.29, 0.717) is 6.54 Å². The van der Waals surface area contributed by atoms with E-state index >= 15 is 0 Å². The summed E-state index contributed by atoms with van der Waals surface area (Å²) in [5, 5.41) is 5.84. The Bertz CT molecular complexity index is 707. The summed E-state index contributed by atoms with van der Waals surface area (Å²) in [5.74, 6) is 0.827. The number of carbonyl (C=O) groups excluding carboxylic acids is 1. The molecule has 0 aliphatic carbocycles. The number of aromatic nitrogens is 1. The number of methoxy groups -OCH3 is 1. The van der Waals surface area contributed by atoms with Crippen molar-refractivity contribution in [3.63, 3.8) is 0 Å². The zero-order valence-electron chi connectivity index (χ0n) is 15.1. The minimum Gasteiger partial charge on any atom is -0.495 e. The predicted octanol–water partition coefficient (Wildman–Crippen LogP) is 3.70. The fourth-order valence-corrected chi connectivity index (χ4v) is 2.75. The fraction of sp³-hybridized carbons (Fsp3) is 0.421. The van der Waals surface area contributed by atoms with Gasteiger partial charge >= 0.3 is 6.03 Å².